The molecule has 168 valence electrons. The van der Waals surface area contributed by atoms with Crippen molar-refractivity contribution in [3.63, 3.8) is 0 Å². The quantitative estimate of drug-likeness (QED) is 0.580. The molecular formula is C21H27F3N6O. The number of benzene rings is 1. The fourth-order valence-corrected chi connectivity index (χ4v) is 3.70. The fraction of sp³-hybridized carbons (Fsp3) is 0.476. The second-order valence-electron chi connectivity index (χ2n) is 7.71. The second kappa shape index (κ2) is 9.95. The van der Waals surface area contributed by atoms with Gasteiger partial charge in [-0.1, -0.05) is 25.0 Å². The summed E-state index contributed by atoms with van der Waals surface area (Å²) in [6, 6.07) is 5.49. The average molecular weight is 436 g/mol. The van der Waals surface area contributed by atoms with Crippen LogP contribution in [0.2, 0.25) is 0 Å². The molecule has 0 radical (unpaired) electrons. The molecule has 0 aliphatic carbocycles. The topological polar surface area (TPSA) is 102 Å². The molecule has 4 N–H and O–H groups in total. The van der Waals surface area contributed by atoms with Gasteiger partial charge in [-0.25, -0.2) is 4.98 Å². The Labute approximate surface area is 178 Å². The minimum atomic E-state index is -4.79. The van der Waals surface area contributed by atoms with Gasteiger partial charge in [-0.3, -0.25) is 10.2 Å². The highest BCUT2D eigenvalue weighted by atomic mass is 19.4. The smallest absolute Gasteiger partial charge is 0.395 e. The third-order valence-corrected chi connectivity index (χ3v) is 5.42. The van der Waals surface area contributed by atoms with Gasteiger partial charge >= 0.3 is 6.18 Å². The number of rotatable bonds is 7. The number of allylic oxidation sites excluding steroid dienone is 1. The van der Waals surface area contributed by atoms with E-state index in [-0.39, 0.29) is 6.54 Å². The van der Waals surface area contributed by atoms with Crippen LogP contribution in [0.1, 0.15) is 31.2 Å². The maximum absolute atomic E-state index is 12.9. The van der Waals surface area contributed by atoms with E-state index in [0.29, 0.717) is 24.7 Å². The number of aromatic nitrogens is 2. The average Bonchev–Trinajstić information content (AvgIpc) is 3.06. The summed E-state index contributed by atoms with van der Waals surface area (Å²) < 4.78 is 38.3. The summed E-state index contributed by atoms with van der Waals surface area (Å²) in [5.74, 6) is -0.797. The Morgan fingerprint density at radius 1 is 1.26 bits per heavy atom. The number of carbonyl (C=O) groups is 1. The van der Waals surface area contributed by atoms with Crippen molar-refractivity contribution in [2.45, 2.75) is 38.4 Å². The molecule has 0 spiro atoms. The second-order valence-corrected chi connectivity index (χ2v) is 7.71. The van der Waals surface area contributed by atoms with E-state index in [1.54, 1.807) is 6.33 Å². The summed E-state index contributed by atoms with van der Waals surface area (Å²) in [7, 11) is 0. The van der Waals surface area contributed by atoms with E-state index in [4.69, 9.17) is 11.1 Å². The molecule has 0 bridgehead atoms. The maximum Gasteiger partial charge on any atom is 0.430 e. The zero-order valence-corrected chi connectivity index (χ0v) is 17.2. The van der Waals surface area contributed by atoms with Crippen LogP contribution < -0.4 is 5.73 Å². The van der Waals surface area contributed by atoms with Gasteiger partial charge in [0.2, 0.25) is 0 Å². The van der Waals surface area contributed by atoms with Crippen molar-refractivity contribution < 1.29 is 18.0 Å². The third-order valence-electron chi connectivity index (χ3n) is 5.42. The van der Waals surface area contributed by atoms with E-state index in [1.165, 1.54) is 17.7 Å². The monoisotopic (exact) mass is 436 g/mol. The van der Waals surface area contributed by atoms with E-state index >= 15 is 0 Å². The van der Waals surface area contributed by atoms with Crippen molar-refractivity contribution >= 4 is 22.7 Å². The molecule has 0 atom stereocenters. The highest BCUT2D eigenvalue weighted by Crippen LogP contribution is 2.22. The lowest BCUT2D eigenvalue weighted by atomic mass is 10.1. The largest absolute Gasteiger partial charge is 0.430 e. The van der Waals surface area contributed by atoms with Crippen LogP contribution in [0, 0.1) is 5.41 Å². The van der Waals surface area contributed by atoms with Crippen LogP contribution in [0.5, 0.6) is 0 Å². The molecule has 2 aromatic rings. The molecule has 10 heteroatoms. The van der Waals surface area contributed by atoms with Crippen LogP contribution in [0.25, 0.3) is 11.0 Å². The molecule has 0 unspecified atom stereocenters. The predicted molar refractivity (Wildman–Crippen MR) is 112 cm³/mol. The Balaban J connectivity index is 1.80. The highest BCUT2D eigenvalue weighted by Gasteiger charge is 2.32. The number of para-hydroxylation sites is 1. The number of nitrogens with zero attached hydrogens (tertiary/aromatic N) is 3. The van der Waals surface area contributed by atoms with Crippen LogP contribution in [0.4, 0.5) is 13.2 Å². The number of aromatic amines is 1. The van der Waals surface area contributed by atoms with Gasteiger partial charge in [0.05, 0.1) is 17.4 Å². The van der Waals surface area contributed by atoms with Gasteiger partial charge in [-0.15, -0.1) is 0 Å². The van der Waals surface area contributed by atoms with Crippen LogP contribution in [-0.2, 0) is 11.3 Å². The van der Waals surface area contributed by atoms with Crippen molar-refractivity contribution in [3.05, 3.63) is 41.9 Å². The van der Waals surface area contributed by atoms with Crippen molar-refractivity contribution in [1.29, 1.82) is 5.41 Å². The van der Waals surface area contributed by atoms with E-state index < -0.39 is 23.5 Å². The molecule has 1 aliphatic heterocycles. The summed E-state index contributed by atoms with van der Waals surface area (Å²) in [6.07, 6.45) is 1.66. The van der Waals surface area contributed by atoms with Gasteiger partial charge in [-0.05, 0) is 43.6 Å². The summed E-state index contributed by atoms with van der Waals surface area (Å²) in [5.41, 5.74) is 5.00. The van der Waals surface area contributed by atoms with Crippen molar-refractivity contribution in [1.82, 2.24) is 19.8 Å². The Morgan fingerprint density at radius 3 is 2.65 bits per heavy atom. The van der Waals surface area contributed by atoms with Crippen LogP contribution >= 0.6 is 0 Å². The van der Waals surface area contributed by atoms with Gasteiger partial charge in [0, 0.05) is 19.6 Å². The molecular weight excluding hydrogens is 409 g/mol. The Morgan fingerprint density at radius 2 is 1.97 bits per heavy atom. The fourth-order valence-electron chi connectivity index (χ4n) is 3.70. The number of hydrogen-bond donors (Lipinski definition) is 3. The highest BCUT2D eigenvalue weighted by molar-refractivity contribution is 6.42. The first-order valence-electron chi connectivity index (χ1n) is 10.3. The molecule has 1 saturated heterocycles. The lowest BCUT2D eigenvalue weighted by molar-refractivity contribution is -0.124. The zero-order chi connectivity index (χ0) is 22.4. The first kappa shape index (κ1) is 22.8. The normalized spacial score (nSPS) is 16.3. The maximum atomic E-state index is 12.9. The molecule has 3 rings (SSSR count). The van der Waals surface area contributed by atoms with Crippen LogP contribution in [0.15, 0.2) is 36.3 Å². The van der Waals surface area contributed by atoms with Crippen LogP contribution in [0.3, 0.4) is 0 Å². The minimum Gasteiger partial charge on any atom is -0.395 e. The summed E-state index contributed by atoms with van der Waals surface area (Å²) in [6.45, 7) is 2.87. The standard InChI is InChI=1S/C21H27F3N6O/c22-21(23,24)18(26)12-16(25)20(31)30(11-10-29-8-3-1-2-4-9-29)13-15-6-5-7-17-19(15)28-14-27-17/h5-7,12,14,25H,1-4,8-11,13,26H2,(H,27,28). The molecule has 2 heterocycles. The molecule has 1 aliphatic rings. The van der Waals surface area contributed by atoms with E-state index in [9.17, 15) is 18.0 Å². The van der Waals surface area contributed by atoms with Crippen molar-refractivity contribution in [2.75, 3.05) is 26.2 Å². The molecule has 7 nitrogen and oxygen atoms in total. The zero-order valence-electron chi connectivity index (χ0n) is 17.2. The number of alkyl halides is 3. The molecule has 1 fully saturated rings. The molecule has 1 aromatic carbocycles. The first-order valence-corrected chi connectivity index (χ1v) is 10.3. The number of halogens is 3. The minimum absolute atomic E-state index is 0.136. The molecule has 0 saturated carbocycles. The number of hydrogen-bond acceptors (Lipinski definition) is 5. The number of likely N-dealkylation sites (tertiary alicyclic amines) is 1. The summed E-state index contributed by atoms with van der Waals surface area (Å²) in [4.78, 5) is 23.9. The number of fused-ring (bicyclic) bond motifs is 1. The number of carbonyl (C=O) groups excluding carboxylic acids is 1. The van der Waals surface area contributed by atoms with Crippen molar-refractivity contribution in [2.24, 2.45) is 5.73 Å². The molecule has 1 amide bonds. The number of amides is 1. The number of nitrogens with one attached hydrogen (secondary N) is 2. The molecule has 1 aromatic heterocycles. The Bertz CT molecular complexity index is 944. The number of H-pyrrole nitrogens is 1. The van der Waals surface area contributed by atoms with E-state index in [2.05, 4.69) is 14.9 Å². The van der Waals surface area contributed by atoms with E-state index in [0.717, 1.165) is 37.0 Å². The number of imidazole rings is 1. The number of nitrogens with two attached hydrogens (primary N) is 1. The predicted octanol–water partition coefficient (Wildman–Crippen LogP) is 3.19. The van der Waals surface area contributed by atoms with Gasteiger partial charge < -0.3 is 20.5 Å². The van der Waals surface area contributed by atoms with E-state index in [1.807, 2.05) is 18.2 Å². The van der Waals surface area contributed by atoms with Gasteiger partial charge in [0.25, 0.3) is 5.91 Å². The van der Waals surface area contributed by atoms with Gasteiger partial charge in [-0.2, -0.15) is 13.2 Å². The Kier molecular flexibility index (Phi) is 7.32. The Hall–Kier alpha value is -2.88. The first-order chi connectivity index (χ1) is 14.8. The van der Waals surface area contributed by atoms with Gasteiger partial charge in [0.1, 0.15) is 11.4 Å². The third kappa shape index (κ3) is 6.06. The summed E-state index contributed by atoms with van der Waals surface area (Å²) >= 11 is 0. The lowest BCUT2D eigenvalue weighted by Crippen LogP contribution is -2.41. The van der Waals surface area contributed by atoms with Crippen molar-refractivity contribution in [3.8, 4) is 0 Å². The summed E-state index contributed by atoms with van der Waals surface area (Å²) in [5, 5.41) is 7.91. The molecule has 31 heavy (non-hydrogen) atoms. The lowest BCUT2D eigenvalue weighted by Gasteiger charge is -2.27. The van der Waals surface area contributed by atoms with Gasteiger partial charge in [0.15, 0.2) is 0 Å². The SMILES string of the molecule is N=C(C=C(N)C(F)(F)F)C(=O)N(CCN1CCCCCC1)Cc1cccc2[nH]cnc12. The van der Waals surface area contributed by atoms with Crippen LogP contribution in [-0.4, -0.2) is 63.7 Å².